The average molecular weight is 389 g/mol. The van der Waals surface area contributed by atoms with Gasteiger partial charge in [-0.15, -0.1) is 0 Å². The Morgan fingerprint density at radius 1 is 0.667 bits per heavy atom. The lowest BCUT2D eigenvalue weighted by molar-refractivity contribution is 0.00537. The van der Waals surface area contributed by atoms with E-state index in [4.69, 9.17) is 24.1 Å². The highest BCUT2D eigenvalue weighted by atomic mass is 16.6. The summed E-state index contributed by atoms with van der Waals surface area (Å²) in [5, 5.41) is 8.57. The summed E-state index contributed by atoms with van der Waals surface area (Å²) in [7, 11) is 0. The molecule has 1 N–H and O–H groups in total. The molecule has 0 rings (SSSR count). The van der Waals surface area contributed by atoms with E-state index in [1.807, 2.05) is 13.0 Å². The molecule has 0 fully saturated rings. The Labute approximate surface area is 167 Å². The first kappa shape index (κ1) is 26.4. The third-order valence-electron chi connectivity index (χ3n) is 4.33. The predicted octanol–water partition coefficient (Wildman–Crippen LogP) is 4.87. The van der Waals surface area contributed by atoms with Crippen molar-refractivity contribution in [1.82, 2.24) is 0 Å². The summed E-state index contributed by atoms with van der Waals surface area (Å²) in [5.41, 5.74) is 0. The van der Waals surface area contributed by atoms with E-state index >= 15 is 0 Å². The maximum Gasteiger partial charge on any atom is 0.117 e. The van der Waals surface area contributed by atoms with E-state index < -0.39 is 0 Å². The largest absolute Gasteiger partial charge is 0.496 e. The first-order chi connectivity index (χ1) is 13.3. The van der Waals surface area contributed by atoms with Gasteiger partial charge in [0.05, 0.1) is 46.2 Å². The Balaban J connectivity index is 3.30. The molecule has 0 heterocycles. The van der Waals surface area contributed by atoms with Crippen LogP contribution < -0.4 is 0 Å². The van der Waals surface area contributed by atoms with Crippen molar-refractivity contribution in [2.75, 3.05) is 52.9 Å². The van der Waals surface area contributed by atoms with Crippen molar-refractivity contribution in [2.24, 2.45) is 0 Å². The van der Waals surface area contributed by atoms with Crippen LogP contribution in [0.4, 0.5) is 0 Å². The number of unbranched alkanes of at least 4 members (excludes halogenated alkanes) is 9. The summed E-state index contributed by atoms with van der Waals surface area (Å²) in [6.45, 7) is 8.04. The van der Waals surface area contributed by atoms with Crippen molar-refractivity contribution >= 4 is 0 Å². The van der Waals surface area contributed by atoms with Crippen LogP contribution in [0.2, 0.25) is 0 Å². The van der Waals surface area contributed by atoms with Gasteiger partial charge in [0.25, 0.3) is 0 Å². The third kappa shape index (κ3) is 21.5. The van der Waals surface area contributed by atoms with Crippen LogP contribution in [0.1, 0.15) is 78.1 Å². The van der Waals surface area contributed by atoms with Crippen molar-refractivity contribution < 1.29 is 24.1 Å². The quantitative estimate of drug-likeness (QED) is 0.212. The van der Waals surface area contributed by atoms with Crippen LogP contribution in [0.25, 0.3) is 0 Å². The Bertz CT molecular complexity index is 307. The highest BCUT2D eigenvalue weighted by Gasteiger charge is 1.99. The van der Waals surface area contributed by atoms with E-state index in [1.165, 1.54) is 57.8 Å². The van der Waals surface area contributed by atoms with E-state index in [2.05, 4.69) is 6.92 Å². The molecular weight excluding hydrogens is 344 g/mol. The molecule has 0 aromatic carbocycles. The fourth-order valence-electron chi connectivity index (χ4n) is 2.68. The Hall–Kier alpha value is -0.620. The average Bonchev–Trinajstić information content (AvgIpc) is 2.69. The topological polar surface area (TPSA) is 57.2 Å². The Morgan fingerprint density at radius 3 is 1.74 bits per heavy atom. The standard InChI is InChI=1S/C22H44O5/c1-3-5-6-7-8-9-10-11-12-13-15-27-22(4-2)21-26-20-19-25-18-17-24-16-14-23/h4,23H,3,5-21H2,1-2H3. The number of allylic oxidation sites excluding steroid dienone is 1. The minimum absolute atomic E-state index is 0.0500. The fourth-order valence-corrected chi connectivity index (χ4v) is 2.68. The maximum absolute atomic E-state index is 8.57. The van der Waals surface area contributed by atoms with Crippen molar-refractivity contribution in [3.63, 3.8) is 0 Å². The summed E-state index contributed by atoms with van der Waals surface area (Å²) in [6.07, 6.45) is 15.3. The van der Waals surface area contributed by atoms with Gasteiger partial charge in [-0.2, -0.15) is 0 Å². The zero-order valence-electron chi connectivity index (χ0n) is 17.9. The lowest BCUT2D eigenvalue weighted by Gasteiger charge is -2.11. The van der Waals surface area contributed by atoms with Crippen LogP contribution in [-0.2, 0) is 18.9 Å². The molecule has 5 heteroatoms. The second-order valence-corrected chi connectivity index (χ2v) is 6.79. The van der Waals surface area contributed by atoms with Gasteiger partial charge in [0, 0.05) is 0 Å². The molecule has 0 saturated carbocycles. The smallest absolute Gasteiger partial charge is 0.117 e. The molecule has 0 aliphatic heterocycles. The van der Waals surface area contributed by atoms with Gasteiger partial charge in [-0.25, -0.2) is 0 Å². The number of hydrogen-bond donors (Lipinski definition) is 1. The van der Waals surface area contributed by atoms with Gasteiger partial charge in [0.15, 0.2) is 0 Å². The van der Waals surface area contributed by atoms with Crippen molar-refractivity contribution in [1.29, 1.82) is 0 Å². The molecule has 0 bridgehead atoms. The predicted molar refractivity (Wildman–Crippen MR) is 111 cm³/mol. The Morgan fingerprint density at radius 2 is 1.19 bits per heavy atom. The molecule has 0 radical (unpaired) electrons. The van der Waals surface area contributed by atoms with Gasteiger partial charge in [-0.3, -0.25) is 0 Å². The number of aliphatic hydroxyl groups is 1. The number of hydrogen-bond acceptors (Lipinski definition) is 5. The summed E-state index contributed by atoms with van der Waals surface area (Å²) < 4.78 is 21.8. The van der Waals surface area contributed by atoms with Gasteiger partial charge in [0.1, 0.15) is 12.4 Å². The van der Waals surface area contributed by atoms with Crippen LogP contribution >= 0.6 is 0 Å². The molecule has 0 spiro atoms. The molecule has 0 aromatic heterocycles. The zero-order chi connectivity index (χ0) is 19.8. The van der Waals surface area contributed by atoms with Crippen molar-refractivity contribution in [2.45, 2.75) is 78.1 Å². The lowest BCUT2D eigenvalue weighted by atomic mass is 10.1. The first-order valence-corrected chi connectivity index (χ1v) is 11.0. The molecule has 0 aromatic rings. The summed E-state index contributed by atoms with van der Waals surface area (Å²) in [6, 6.07) is 0. The normalized spacial score (nSPS) is 11.9. The van der Waals surface area contributed by atoms with E-state index in [0.29, 0.717) is 39.6 Å². The van der Waals surface area contributed by atoms with Crippen LogP contribution in [0.3, 0.4) is 0 Å². The zero-order valence-corrected chi connectivity index (χ0v) is 17.9. The molecule has 0 amide bonds. The molecule has 5 nitrogen and oxygen atoms in total. The van der Waals surface area contributed by atoms with Crippen molar-refractivity contribution in [3.8, 4) is 0 Å². The first-order valence-electron chi connectivity index (χ1n) is 11.0. The second kappa shape index (κ2) is 23.4. The van der Waals surface area contributed by atoms with E-state index in [1.54, 1.807) is 0 Å². The fraction of sp³-hybridized carbons (Fsp3) is 0.909. The highest BCUT2D eigenvalue weighted by molar-refractivity contribution is 4.90. The monoisotopic (exact) mass is 388 g/mol. The molecule has 0 aliphatic carbocycles. The Kier molecular flexibility index (Phi) is 22.9. The van der Waals surface area contributed by atoms with Gasteiger partial charge in [-0.1, -0.05) is 64.7 Å². The van der Waals surface area contributed by atoms with Gasteiger partial charge >= 0.3 is 0 Å². The van der Waals surface area contributed by atoms with Gasteiger partial charge in [-0.05, 0) is 19.4 Å². The van der Waals surface area contributed by atoms with E-state index in [0.717, 1.165) is 18.8 Å². The van der Waals surface area contributed by atoms with E-state index in [-0.39, 0.29) is 6.61 Å². The number of ether oxygens (including phenoxy) is 4. The SMILES string of the molecule is CC=C(COCCOCCOCCO)OCCCCCCCCCCCC. The third-order valence-corrected chi connectivity index (χ3v) is 4.33. The molecule has 27 heavy (non-hydrogen) atoms. The number of rotatable bonds is 22. The molecule has 0 aliphatic rings. The maximum atomic E-state index is 8.57. The van der Waals surface area contributed by atoms with E-state index in [9.17, 15) is 0 Å². The van der Waals surface area contributed by atoms with Gasteiger partial charge in [0.2, 0.25) is 0 Å². The number of aliphatic hydroxyl groups excluding tert-OH is 1. The van der Waals surface area contributed by atoms with Crippen molar-refractivity contribution in [3.05, 3.63) is 11.8 Å². The van der Waals surface area contributed by atoms with Crippen LogP contribution in [-0.4, -0.2) is 58.0 Å². The molecule has 0 atom stereocenters. The second-order valence-electron chi connectivity index (χ2n) is 6.79. The highest BCUT2D eigenvalue weighted by Crippen LogP contribution is 2.11. The van der Waals surface area contributed by atoms with Gasteiger partial charge < -0.3 is 24.1 Å². The molecule has 162 valence electrons. The summed E-state index contributed by atoms with van der Waals surface area (Å²) >= 11 is 0. The lowest BCUT2D eigenvalue weighted by Crippen LogP contribution is -2.12. The minimum atomic E-state index is 0.0500. The molecule has 0 unspecified atom stereocenters. The molecule has 0 saturated heterocycles. The van der Waals surface area contributed by atoms with Crippen LogP contribution in [0.5, 0.6) is 0 Å². The minimum Gasteiger partial charge on any atom is -0.496 e. The van der Waals surface area contributed by atoms with Crippen LogP contribution in [0.15, 0.2) is 11.8 Å². The summed E-state index contributed by atoms with van der Waals surface area (Å²) in [4.78, 5) is 0. The van der Waals surface area contributed by atoms with Crippen LogP contribution in [0, 0.1) is 0 Å². The molecular formula is C22H44O5. The summed E-state index contributed by atoms with van der Waals surface area (Å²) in [5.74, 6) is 0.900.